The molecule has 2 nitrogen and oxygen atoms in total. The van der Waals surface area contributed by atoms with Crippen LogP contribution in [0, 0.1) is 23.0 Å². The van der Waals surface area contributed by atoms with Crippen LogP contribution in [0.5, 0.6) is 0 Å². The minimum Gasteiger partial charge on any atom is -0.383 e. The molecule has 0 fully saturated rings. The first kappa shape index (κ1) is 10.4. The summed E-state index contributed by atoms with van der Waals surface area (Å²) in [5.74, 6) is -1.63. The predicted molar refractivity (Wildman–Crippen MR) is 46.1 cm³/mol. The van der Waals surface area contributed by atoms with Gasteiger partial charge in [-0.15, -0.1) is 0 Å². The van der Waals surface area contributed by atoms with Crippen molar-refractivity contribution in [3.05, 3.63) is 47.5 Å². The van der Waals surface area contributed by atoms with Crippen LogP contribution >= 0.6 is 0 Å². The van der Waals surface area contributed by atoms with E-state index in [1.807, 2.05) is 0 Å². The molecule has 1 unspecified atom stereocenters. The van der Waals surface area contributed by atoms with Gasteiger partial charge in [-0.25, -0.2) is 8.78 Å². The molecule has 0 aliphatic carbocycles. The molecule has 0 bridgehead atoms. The van der Waals surface area contributed by atoms with E-state index in [2.05, 4.69) is 6.58 Å². The van der Waals surface area contributed by atoms with Crippen LogP contribution in [0.1, 0.15) is 11.7 Å². The molecule has 0 amide bonds. The zero-order chi connectivity index (χ0) is 10.7. The van der Waals surface area contributed by atoms with E-state index in [1.165, 1.54) is 0 Å². The van der Waals surface area contributed by atoms with Gasteiger partial charge < -0.3 is 5.11 Å². The molecule has 1 N–H and O–H groups in total. The van der Waals surface area contributed by atoms with Crippen molar-refractivity contribution >= 4 is 0 Å². The lowest BCUT2D eigenvalue weighted by Crippen LogP contribution is -2.02. The Bertz CT molecular complexity index is 409. The smallest absolute Gasteiger partial charge is 0.132 e. The van der Waals surface area contributed by atoms with Crippen LogP contribution in [-0.2, 0) is 0 Å². The van der Waals surface area contributed by atoms with E-state index in [0.29, 0.717) is 6.07 Å². The molecule has 72 valence electrons. The summed E-state index contributed by atoms with van der Waals surface area (Å²) in [7, 11) is 0. The lowest BCUT2D eigenvalue weighted by atomic mass is 10.0. The second-order valence-corrected chi connectivity index (χ2v) is 2.71. The Morgan fingerprint density at radius 2 is 2.14 bits per heavy atom. The van der Waals surface area contributed by atoms with Crippen LogP contribution < -0.4 is 0 Å². The normalized spacial score (nSPS) is 11.9. The fourth-order valence-electron chi connectivity index (χ4n) is 0.972. The van der Waals surface area contributed by atoms with Crippen molar-refractivity contribution < 1.29 is 13.9 Å². The van der Waals surface area contributed by atoms with Gasteiger partial charge in [-0.1, -0.05) is 12.6 Å². The van der Waals surface area contributed by atoms with Crippen LogP contribution in [0.15, 0.2) is 30.4 Å². The van der Waals surface area contributed by atoms with Crippen LogP contribution in [0.2, 0.25) is 0 Å². The van der Waals surface area contributed by atoms with Crippen LogP contribution in [-0.4, -0.2) is 5.11 Å². The molecule has 0 heterocycles. The summed E-state index contributed by atoms with van der Waals surface area (Å²) in [5.41, 5.74) is -0.339. The van der Waals surface area contributed by atoms with Gasteiger partial charge >= 0.3 is 0 Å². The monoisotopic (exact) mass is 195 g/mol. The number of aliphatic hydroxyl groups is 1. The molecular weight excluding hydrogens is 188 g/mol. The molecule has 0 radical (unpaired) electrons. The summed E-state index contributed by atoms with van der Waals surface area (Å²) >= 11 is 0. The molecule has 0 aliphatic rings. The quantitative estimate of drug-likeness (QED) is 0.734. The zero-order valence-corrected chi connectivity index (χ0v) is 7.17. The van der Waals surface area contributed by atoms with Gasteiger partial charge in [0.1, 0.15) is 17.7 Å². The first-order valence-corrected chi connectivity index (χ1v) is 3.78. The summed E-state index contributed by atoms with van der Waals surface area (Å²) in [6.07, 6.45) is -1.42. The Balaban J connectivity index is 3.09. The molecule has 1 aromatic carbocycles. The maximum Gasteiger partial charge on any atom is 0.132 e. The van der Waals surface area contributed by atoms with Crippen molar-refractivity contribution in [3.63, 3.8) is 0 Å². The van der Waals surface area contributed by atoms with Gasteiger partial charge in [0.2, 0.25) is 0 Å². The van der Waals surface area contributed by atoms with Gasteiger partial charge in [-0.2, -0.15) is 5.26 Å². The molecule has 1 atom stereocenters. The number of aliphatic hydroxyl groups excluding tert-OH is 1. The standard InChI is InChI=1S/C10H7F2NO/c1-6(5-13)10(14)8-3-2-7(11)4-9(8)12/h2-4,10,14H,1H2. The predicted octanol–water partition coefficient (Wildman–Crippen LogP) is 2.08. The number of rotatable bonds is 2. The summed E-state index contributed by atoms with van der Waals surface area (Å²) in [6.45, 7) is 3.24. The Kier molecular flexibility index (Phi) is 2.95. The Morgan fingerprint density at radius 3 is 2.64 bits per heavy atom. The lowest BCUT2D eigenvalue weighted by molar-refractivity contribution is 0.215. The molecule has 0 spiro atoms. The van der Waals surface area contributed by atoms with Crippen molar-refractivity contribution in [2.24, 2.45) is 0 Å². The number of nitriles is 1. The Labute approximate surface area is 79.7 Å². The first-order chi connectivity index (χ1) is 6.56. The average molecular weight is 195 g/mol. The highest BCUT2D eigenvalue weighted by molar-refractivity contribution is 5.32. The second kappa shape index (κ2) is 3.99. The highest BCUT2D eigenvalue weighted by Gasteiger charge is 2.15. The van der Waals surface area contributed by atoms with Crippen LogP contribution in [0.25, 0.3) is 0 Å². The van der Waals surface area contributed by atoms with Crippen LogP contribution in [0.4, 0.5) is 8.78 Å². The van der Waals surface area contributed by atoms with Gasteiger partial charge in [0, 0.05) is 11.6 Å². The van der Waals surface area contributed by atoms with E-state index in [1.54, 1.807) is 6.07 Å². The molecule has 0 aromatic heterocycles. The van der Waals surface area contributed by atoms with E-state index in [-0.39, 0.29) is 11.1 Å². The maximum atomic E-state index is 13.0. The first-order valence-electron chi connectivity index (χ1n) is 3.78. The minimum absolute atomic E-state index is 0.155. The summed E-state index contributed by atoms with van der Waals surface area (Å²) in [6, 6.07) is 4.33. The minimum atomic E-state index is -1.42. The van der Waals surface area contributed by atoms with E-state index < -0.39 is 17.7 Å². The van der Waals surface area contributed by atoms with Crippen molar-refractivity contribution in [1.82, 2.24) is 0 Å². The zero-order valence-electron chi connectivity index (χ0n) is 7.17. The highest BCUT2D eigenvalue weighted by atomic mass is 19.1. The third kappa shape index (κ3) is 1.95. The molecule has 0 saturated carbocycles. The highest BCUT2D eigenvalue weighted by Crippen LogP contribution is 2.22. The Hall–Kier alpha value is -1.73. The van der Waals surface area contributed by atoms with E-state index in [9.17, 15) is 13.9 Å². The van der Waals surface area contributed by atoms with Gasteiger partial charge in [0.15, 0.2) is 0 Å². The van der Waals surface area contributed by atoms with Gasteiger partial charge in [-0.3, -0.25) is 0 Å². The fraction of sp³-hybridized carbons (Fsp3) is 0.100. The number of benzene rings is 1. The number of halogens is 2. The van der Waals surface area contributed by atoms with Gasteiger partial charge in [0.25, 0.3) is 0 Å². The molecule has 4 heteroatoms. The third-order valence-corrected chi connectivity index (χ3v) is 1.73. The number of hydrogen-bond donors (Lipinski definition) is 1. The summed E-state index contributed by atoms with van der Waals surface area (Å²) in [4.78, 5) is 0. The molecule has 14 heavy (non-hydrogen) atoms. The van der Waals surface area contributed by atoms with Crippen molar-refractivity contribution in [2.75, 3.05) is 0 Å². The summed E-state index contributed by atoms with van der Waals surface area (Å²) in [5, 5.41) is 17.8. The maximum absolute atomic E-state index is 13.0. The Morgan fingerprint density at radius 1 is 1.50 bits per heavy atom. The molecular formula is C10H7F2NO. The molecule has 0 aliphatic heterocycles. The second-order valence-electron chi connectivity index (χ2n) is 2.71. The SMILES string of the molecule is C=C(C#N)C(O)c1ccc(F)cc1F. The van der Waals surface area contributed by atoms with E-state index >= 15 is 0 Å². The molecule has 1 aromatic rings. The van der Waals surface area contributed by atoms with E-state index in [0.717, 1.165) is 12.1 Å². The fourth-order valence-corrected chi connectivity index (χ4v) is 0.972. The van der Waals surface area contributed by atoms with Crippen molar-refractivity contribution in [3.8, 4) is 6.07 Å². The molecule has 0 saturated heterocycles. The third-order valence-electron chi connectivity index (χ3n) is 1.73. The van der Waals surface area contributed by atoms with Gasteiger partial charge in [0.05, 0.1) is 11.6 Å². The molecule has 1 rings (SSSR count). The van der Waals surface area contributed by atoms with Crippen molar-refractivity contribution in [1.29, 1.82) is 5.26 Å². The van der Waals surface area contributed by atoms with Gasteiger partial charge in [-0.05, 0) is 6.07 Å². The lowest BCUT2D eigenvalue weighted by Gasteiger charge is -2.09. The topological polar surface area (TPSA) is 44.0 Å². The largest absolute Gasteiger partial charge is 0.383 e. The number of hydrogen-bond acceptors (Lipinski definition) is 2. The van der Waals surface area contributed by atoms with Crippen molar-refractivity contribution in [2.45, 2.75) is 6.10 Å². The summed E-state index contributed by atoms with van der Waals surface area (Å²) < 4.78 is 25.5. The van der Waals surface area contributed by atoms with Crippen LogP contribution in [0.3, 0.4) is 0 Å². The van der Waals surface area contributed by atoms with E-state index in [4.69, 9.17) is 5.26 Å². The number of nitrogens with zero attached hydrogens (tertiary/aromatic N) is 1. The average Bonchev–Trinajstić information content (AvgIpc) is 2.15.